The molecule has 0 radical (unpaired) electrons. The minimum absolute atomic E-state index is 0.520. The summed E-state index contributed by atoms with van der Waals surface area (Å²) in [6.45, 7) is 0. The molecule has 0 aliphatic heterocycles. The summed E-state index contributed by atoms with van der Waals surface area (Å²) >= 11 is 11.5. The van der Waals surface area contributed by atoms with E-state index in [-0.39, 0.29) is 0 Å². The number of esters is 2. The van der Waals surface area contributed by atoms with E-state index in [2.05, 4.69) is 4.74 Å². The number of benzene rings is 2. The fourth-order valence-corrected chi connectivity index (χ4v) is 4.71. The Morgan fingerprint density at radius 1 is 0.714 bits per heavy atom. The van der Waals surface area contributed by atoms with Crippen molar-refractivity contribution in [3.63, 3.8) is 0 Å². The lowest BCUT2D eigenvalue weighted by Gasteiger charge is -2.14. The van der Waals surface area contributed by atoms with E-state index >= 15 is 0 Å². The molecule has 19 heteroatoms. The number of primary sulfonamides is 2. The van der Waals surface area contributed by atoms with Crippen LogP contribution < -0.4 is 20.9 Å². The zero-order chi connectivity index (χ0) is 26.9. The first kappa shape index (κ1) is 27.8. The Morgan fingerprint density at radius 3 is 1.29 bits per heavy atom. The van der Waals surface area contributed by atoms with Gasteiger partial charge in [0.2, 0.25) is 20.0 Å². The summed E-state index contributed by atoms with van der Waals surface area (Å²) in [5.74, 6) is -3.32. The molecule has 2 amide bonds. The van der Waals surface area contributed by atoms with Gasteiger partial charge in [-0.2, -0.15) is 0 Å². The number of anilines is 2. The number of nitrogens with two attached hydrogens (primary N) is 2. The fourth-order valence-electron chi connectivity index (χ4n) is 2.51. The van der Waals surface area contributed by atoms with E-state index in [1.54, 1.807) is 10.6 Å². The van der Waals surface area contributed by atoms with Crippen LogP contribution >= 0.6 is 23.2 Å². The third-order valence-corrected chi connectivity index (χ3v) is 6.62. The average Bonchev–Trinajstić information content (AvgIpc) is 2.64. The molecule has 0 bridgehead atoms. The first-order chi connectivity index (χ1) is 15.9. The van der Waals surface area contributed by atoms with Gasteiger partial charge in [0.05, 0.1) is 32.5 Å². The van der Waals surface area contributed by atoms with E-state index < -0.39 is 86.5 Å². The SMILES string of the molecule is NS(=O)(=O)c1cc(C(=O)OC(=O)c2cc(S(N)(=O)=O)c(Cl)cc2NC(=O)O)c(NC(=O)O)cc1Cl. The molecular weight excluding hydrogens is 559 g/mol. The van der Waals surface area contributed by atoms with Crippen LogP contribution in [-0.2, 0) is 24.8 Å². The second-order valence-corrected chi connectivity index (χ2v) is 10.2. The molecule has 2 aromatic rings. The molecule has 0 spiro atoms. The van der Waals surface area contributed by atoms with E-state index in [0.29, 0.717) is 24.3 Å². The van der Waals surface area contributed by atoms with Gasteiger partial charge in [0.1, 0.15) is 9.79 Å². The van der Waals surface area contributed by atoms with Crippen molar-refractivity contribution in [2.24, 2.45) is 10.3 Å². The molecule has 0 fully saturated rings. The molecule has 0 saturated carbocycles. The van der Waals surface area contributed by atoms with Crippen LogP contribution in [0.15, 0.2) is 34.1 Å². The highest BCUT2D eigenvalue weighted by atomic mass is 35.5. The molecule has 2 aromatic carbocycles. The molecule has 0 aromatic heterocycles. The Kier molecular flexibility index (Phi) is 7.95. The van der Waals surface area contributed by atoms with Gasteiger partial charge >= 0.3 is 24.1 Å². The molecule has 2 rings (SSSR count). The van der Waals surface area contributed by atoms with Gasteiger partial charge in [0.15, 0.2) is 0 Å². The monoisotopic (exact) mass is 570 g/mol. The lowest BCUT2D eigenvalue weighted by Crippen LogP contribution is -2.21. The number of amides is 2. The molecule has 0 aliphatic rings. The van der Waals surface area contributed by atoms with Crippen molar-refractivity contribution < 1.29 is 51.0 Å². The zero-order valence-electron chi connectivity index (χ0n) is 16.6. The topological polar surface area (TPSA) is 262 Å². The van der Waals surface area contributed by atoms with Gasteiger partial charge in [0.25, 0.3) is 0 Å². The normalized spacial score (nSPS) is 11.4. The van der Waals surface area contributed by atoms with Crippen molar-refractivity contribution in [2.75, 3.05) is 10.6 Å². The molecule has 8 N–H and O–H groups in total. The Morgan fingerprint density at radius 2 is 1.03 bits per heavy atom. The van der Waals surface area contributed by atoms with Crippen molar-refractivity contribution in [3.8, 4) is 0 Å². The highest BCUT2D eigenvalue weighted by Gasteiger charge is 2.27. The van der Waals surface area contributed by atoms with Crippen LogP contribution in [0.2, 0.25) is 10.0 Å². The predicted molar refractivity (Wildman–Crippen MR) is 119 cm³/mol. The van der Waals surface area contributed by atoms with Gasteiger partial charge in [-0.1, -0.05) is 23.2 Å². The van der Waals surface area contributed by atoms with Crippen molar-refractivity contribution in [2.45, 2.75) is 9.79 Å². The lowest BCUT2D eigenvalue weighted by molar-refractivity contribution is 0.0399. The van der Waals surface area contributed by atoms with Gasteiger partial charge < -0.3 is 14.9 Å². The average molecular weight is 571 g/mol. The fraction of sp³-hybridized carbons (Fsp3) is 0. The minimum Gasteiger partial charge on any atom is -0.465 e. The maximum absolute atomic E-state index is 12.6. The van der Waals surface area contributed by atoms with Crippen LogP contribution in [0.4, 0.5) is 21.0 Å². The number of halogens is 2. The van der Waals surface area contributed by atoms with Gasteiger partial charge in [-0.25, -0.2) is 46.3 Å². The van der Waals surface area contributed by atoms with E-state index in [1.807, 2.05) is 0 Å². The maximum atomic E-state index is 12.6. The van der Waals surface area contributed by atoms with Crippen molar-refractivity contribution >= 4 is 78.7 Å². The maximum Gasteiger partial charge on any atom is 0.409 e. The van der Waals surface area contributed by atoms with Crippen LogP contribution in [0, 0.1) is 0 Å². The molecule has 0 atom stereocenters. The number of rotatable bonds is 6. The van der Waals surface area contributed by atoms with Crippen LogP contribution in [0.3, 0.4) is 0 Å². The second-order valence-electron chi connectivity index (χ2n) is 6.28. The number of carbonyl (C=O) groups is 4. The second kappa shape index (κ2) is 10.0. The standard InChI is InChI=1S/C16H12Cl2N4O11S2/c17-7-3-9(21-15(25)26)5(1-11(7)34(19,29)30)13(23)33-14(24)6-2-12(35(20,31)32)8(18)4-10(6)22-16(27)28/h1-4,21-22H,(H,25,26)(H,27,28)(H2,19,29,30)(H2,20,31,32). The van der Waals surface area contributed by atoms with Gasteiger partial charge in [-0.05, 0) is 24.3 Å². The van der Waals surface area contributed by atoms with Crippen LogP contribution in [0.5, 0.6) is 0 Å². The van der Waals surface area contributed by atoms with E-state index in [9.17, 15) is 36.0 Å². The lowest BCUT2D eigenvalue weighted by atomic mass is 10.1. The van der Waals surface area contributed by atoms with E-state index in [0.717, 1.165) is 0 Å². The van der Waals surface area contributed by atoms with Crippen LogP contribution in [0.25, 0.3) is 0 Å². The Hall–Kier alpha value is -3.48. The molecule has 0 heterocycles. The number of sulfonamides is 2. The third kappa shape index (κ3) is 6.78. The molecule has 0 saturated heterocycles. The smallest absolute Gasteiger partial charge is 0.409 e. The number of nitrogens with one attached hydrogen (secondary N) is 2. The van der Waals surface area contributed by atoms with E-state index in [1.165, 1.54) is 0 Å². The number of ether oxygens (including phenoxy) is 1. The number of hydrogen-bond acceptors (Lipinski definition) is 9. The highest BCUT2D eigenvalue weighted by molar-refractivity contribution is 7.89. The van der Waals surface area contributed by atoms with Gasteiger partial charge in [-0.15, -0.1) is 0 Å². The Balaban J connectivity index is 2.63. The molecule has 0 unspecified atom stereocenters. The quantitative estimate of drug-likeness (QED) is 0.213. The van der Waals surface area contributed by atoms with Gasteiger partial charge in [-0.3, -0.25) is 10.6 Å². The number of carboxylic acid groups (broad SMARTS) is 2. The summed E-state index contributed by atoms with van der Waals surface area (Å²) in [5, 5.41) is 30.2. The van der Waals surface area contributed by atoms with Crippen molar-refractivity contribution in [3.05, 3.63) is 45.4 Å². The van der Waals surface area contributed by atoms with Crippen LogP contribution in [0.1, 0.15) is 20.7 Å². The Bertz CT molecular complexity index is 1380. The van der Waals surface area contributed by atoms with Crippen molar-refractivity contribution in [1.29, 1.82) is 0 Å². The summed E-state index contributed by atoms with van der Waals surface area (Å²) in [6.07, 6.45) is -3.43. The third-order valence-electron chi connectivity index (χ3n) is 3.87. The van der Waals surface area contributed by atoms with E-state index in [4.69, 9.17) is 43.7 Å². The summed E-state index contributed by atoms with van der Waals surface area (Å²) in [7, 11) is -9.07. The minimum atomic E-state index is -4.53. The highest BCUT2D eigenvalue weighted by Crippen LogP contribution is 2.31. The molecule has 188 valence electrons. The van der Waals surface area contributed by atoms with Crippen LogP contribution in [-0.4, -0.2) is 51.2 Å². The summed E-state index contributed by atoms with van der Waals surface area (Å²) < 4.78 is 51.4. The predicted octanol–water partition coefficient (Wildman–Crippen LogP) is 1.47. The first-order valence-corrected chi connectivity index (χ1v) is 12.3. The van der Waals surface area contributed by atoms with Gasteiger partial charge in [0, 0.05) is 0 Å². The molecule has 35 heavy (non-hydrogen) atoms. The molecule has 0 aliphatic carbocycles. The Labute approximate surface area is 205 Å². The van der Waals surface area contributed by atoms with Crippen molar-refractivity contribution in [1.82, 2.24) is 0 Å². The summed E-state index contributed by atoms with van der Waals surface area (Å²) in [5.41, 5.74) is -2.92. The summed E-state index contributed by atoms with van der Waals surface area (Å²) in [4.78, 5) is 45.7. The number of hydrogen-bond donors (Lipinski definition) is 6. The molecular formula is C16H12Cl2N4O11S2. The first-order valence-electron chi connectivity index (χ1n) is 8.41. The molecule has 15 nitrogen and oxygen atoms in total. The number of carbonyl (C=O) groups excluding carboxylic acids is 2. The largest absolute Gasteiger partial charge is 0.465 e. The summed E-state index contributed by atoms with van der Waals surface area (Å²) in [6, 6.07) is 2.45. The zero-order valence-corrected chi connectivity index (χ0v) is 19.8.